The van der Waals surface area contributed by atoms with Gasteiger partial charge in [0.25, 0.3) is 0 Å². The highest BCUT2D eigenvalue weighted by atomic mass is 35.5. The van der Waals surface area contributed by atoms with Gasteiger partial charge in [-0.05, 0) is 48.9 Å². The predicted molar refractivity (Wildman–Crippen MR) is 71.8 cm³/mol. The van der Waals surface area contributed by atoms with Gasteiger partial charge in [0.05, 0.1) is 0 Å². The van der Waals surface area contributed by atoms with E-state index in [-0.39, 0.29) is 0 Å². The second kappa shape index (κ2) is 6.93. The molecule has 0 aliphatic carbocycles. The van der Waals surface area contributed by atoms with Crippen molar-refractivity contribution in [3.05, 3.63) is 34.9 Å². The highest BCUT2D eigenvalue weighted by Crippen LogP contribution is 2.20. The highest BCUT2D eigenvalue weighted by Gasteiger charge is 2.11. The molecule has 1 nitrogen and oxygen atoms in total. The highest BCUT2D eigenvalue weighted by molar-refractivity contribution is 6.30. The molecule has 2 atom stereocenters. The summed E-state index contributed by atoms with van der Waals surface area (Å²) in [4.78, 5) is 0. The summed E-state index contributed by atoms with van der Waals surface area (Å²) < 4.78 is 0. The van der Waals surface area contributed by atoms with Gasteiger partial charge in [-0.2, -0.15) is 0 Å². The van der Waals surface area contributed by atoms with E-state index in [4.69, 9.17) is 17.3 Å². The summed E-state index contributed by atoms with van der Waals surface area (Å²) in [5.74, 6) is 1.33. The zero-order chi connectivity index (χ0) is 12.0. The molecule has 1 rings (SSSR count). The van der Waals surface area contributed by atoms with Gasteiger partial charge in [0.1, 0.15) is 0 Å². The van der Waals surface area contributed by atoms with Crippen molar-refractivity contribution in [1.82, 2.24) is 0 Å². The van der Waals surface area contributed by atoms with Crippen molar-refractivity contribution in [2.75, 3.05) is 6.54 Å². The standard InChI is InChI=1S/C14H22ClN/c1-3-11(2)7-13(10-16)8-12-5-4-6-14(15)9-12/h4-6,9,11,13H,3,7-8,10,16H2,1-2H3. The molecule has 2 unspecified atom stereocenters. The SMILES string of the molecule is CCC(C)CC(CN)Cc1cccc(Cl)c1. The van der Waals surface area contributed by atoms with Crippen molar-refractivity contribution in [3.63, 3.8) is 0 Å². The second-order valence-corrected chi connectivity index (χ2v) is 5.12. The average Bonchev–Trinajstić information content (AvgIpc) is 2.28. The van der Waals surface area contributed by atoms with Gasteiger partial charge >= 0.3 is 0 Å². The third-order valence-corrected chi connectivity index (χ3v) is 3.41. The number of rotatable bonds is 6. The van der Waals surface area contributed by atoms with Crippen molar-refractivity contribution in [2.24, 2.45) is 17.6 Å². The van der Waals surface area contributed by atoms with E-state index in [1.165, 1.54) is 18.4 Å². The van der Waals surface area contributed by atoms with Gasteiger partial charge in [0, 0.05) is 5.02 Å². The molecule has 1 aromatic carbocycles. The maximum Gasteiger partial charge on any atom is 0.0408 e. The second-order valence-electron chi connectivity index (χ2n) is 4.68. The molecule has 0 aromatic heterocycles. The van der Waals surface area contributed by atoms with Crippen LogP contribution in [0.4, 0.5) is 0 Å². The van der Waals surface area contributed by atoms with Crippen LogP contribution >= 0.6 is 11.6 Å². The average molecular weight is 240 g/mol. The summed E-state index contributed by atoms with van der Waals surface area (Å²) in [6.07, 6.45) is 3.48. The minimum atomic E-state index is 0.577. The fourth-order valence-electron chi connectivity index (χ4n) is 2.00. The molecule has 0 spiro atoms. The molecule has 2 N–H and O–H groups in total. The Labute approximate surface area is 104 Å². The third kappa shape index (κ3) is 4.54. The first-order valence-corrected chi connectivity index (χ1v) is 6.48. The molecule has 1 aromatic rings. The van der Waals surface area contributed by atoms with Crippen LogP contribution in [0.1, 0.15) is 32.3 Å². The molecule has 0 aliphatic rings. The number of hydrogen-bond acceptors (Lipinski definition) is 1. The summed E-state index contributed by atoms with van der Waals surface area (Å²) >= 11 is 5.97. The van der Waals surface area contributed by atoms with Gasteiger partial charge < -0.3 is 5.73 Å². The first-order chi connectivity index (χ1) is 7.65. The van der Waals surface area contributed by atoms with Crippen LogP contribution in [0.2, 0.25) is 5.02 Å². The van der Waals surface area contributed by atoms with E-state index in [0.29, 0.717) is 5.92 Å². The number of benzene rings is 1. The zero-order valence-electron chi connectivity index (χ0n) is 10.2. The Morgan fingerprint density at radius 3 is 2.69 bits per heavy atom. The van der Waals surface area contributed by atoms with Gasteiger partial charge in [-0.25, -0.2) is 0 Å². The van der Waals surface area contributed by atoms with E-state index < -0.39 is 0 Å². The molecular formula is C14H22ClN. The topological polar surface area (TPSA) is 26.0 Å². The Morgan fingerprint density at radius 1 is 1.38 bits per heavy atom. The largest absolute Gasteiger partial charge is 0.330 e. The zero-order valence-corrected chi connectivity index (χ0v) is 11.0. The summed E-state index contributed by atoms with van der Waals surface area (Å²) in [6, 6.07) is 8.09. The lowest BCUT2D eigenvalue weighted by Gasteiger charge is -2.18. The van der Waals surface area contributed by atoms with Gasteiger partial charge in [0.15, 0.2) is 0 Å². The van der Waals surface area contributed by atoms with Crippen molar-refractivity contribution in [3.8, 4) is 0 Å². The van der Waals surface area contributed by atoms with Crippen LogP contribution in [0.25, 0.3) is 0 Å². The maximum atomic E-state index is 5.97. The van der Waals surface area contributed by atoms with Crippen LogP contribution in [-0.4, -0.2) is 6.54 Å². The first-order valence-electron chi connectivity index (χ1n) is 6.10. The molecule has 16 heavy (non-hydrogen) atoms. The third-order valence-electron chi connectivity index (χ3n) is 3.18. The van der Waals surface area contributed by atoms with Crippen LogP contribution in [0, 0.1) is 11.8 Å². The predicted octanol–water partition coefficient (Wildman–Crippen LogP) is 3.89. The van der Waals surface area contributed by atoms with E-state index in [1.807, 2.05) is 18.2 Å². The Morgan fingerprint density at radius 2 is 2.12 bits per heavy atom. The summed E-state index contributed by atoms with van der Waals surface area (Å²) in [5.41, 5.74) is 7.13. The fraction of sp³-hybridized carbons (Fsp3) is 0.571. The lowest BCUT2D eigenvalue weighted by molar-refractivity contribution is 0.386. The van der Waals surface area contributed by atoms with E-state index >= 15 is 0 Å². The first kappa shape index (κ1) is 13.5. The summed E-state index contributed by atoms with van der Waals surface area (Å²) in [7, 11) is 0. The molecule has 0 saturated heterocycles. The van der Waals surface area contributed by atoms with Crippen molar-refractivity contribution in [1.29, 1.82) is 0 Å². The van der Waals surface area contributed by atoms with Crippen molar-refractivity contribution < 1.29 is 0 Å². The maximum absolute atomic E-state index is 5.97. The van der Waals surface area contributed by atoms with Gasteiger partial charge in [0.2, 0.25) is 0 Å². The molecule has 0 radical (unpaired) electrons. The normalized spacial score (nSPS) is 14.8. The van der Waals surface area contributed by atoms with E-state index in [9.17, 15) is 0 Å². The Balaban J connectivity index is 2.56. The quantitative estimate of drug-likeness (QED) is 0.801. The fourth-order valence-corrected chi connectivity index (χ4v) is 2.21. The molecule has 0 aliphatic heterocycles. The minimum Gasteiger partial charge on any atom is -0.330 e. The van der Waals surface area contributed by atoms with Gasteiger partial charge in [-0.15, -0.1) is 0 Å². The Hall–Kier alpha value is -0.530. The summed E-state index contributed by atoms with van der Waals surface area (Å²) in [5, 5.41) is 0.816. The van der Waals surface area contributed by atoms with E-state index in [1.54, 1.807) is 0 Å². The van der Waals surface area contributed by atoms with Crippen LogP contribution in [0.5, 0.6) is 0 Å². The Bertz CT molecular complexity index is 311. The number of nitrogens with two attached hydrogens (primary N) is 1. The number of halogens is 1. The smallest absolute Gasteiger partial charge is 0.0408 e. The van der Waals surface area contributed by atoms with Crippen LogP contribution in [0.3, 0.4) is 0 Å². The molecule has 0 bridgehead atoms. The van der Waals surface area contributed by atoms with Gasteiger partial charge in [-0.1, -0.05) is 44.0 Å². The van der Waals surface area contributed by atoms with Crippen molar-refractivity contribution >= 4 is 11.6 Å². The van der Waals surface area contributed by atoms with Crippen LogP contribution < -0.4 is 5.73 Å². The molecule has 0 heterocycles. The van der Waals surface area contributed by atoms with E-state index in [0.717, 1.165) is 23.9 Å². The lowest BCUT2D eigenvalue weighted by atomic mass is 9.89. The van der Waals surface area contributed by atoms with Crippen molar-refractivity contribution in [2.45, 2.75) is 33.1 Å². The molecular weight excluding hydrogens is 218 g/mol. The molecule has 0 fully saturated rings. The van der Waals surface area contributed by atoms with Gasteiger partial charge in [-0.3, -0.25) is 0 Å². The number of hydrogen-bond donors (Lipinski definition) is 1. The minimum absolute atomic E-state index is 0.577. The Kier molecular flexibility index (Phi) is 5.86. The van der Waals surface area contributed by atoms with Crippen LogP contribution in [-0.2, 0) is 6.42 Å². The molecule has 90 valence electrons. The lowest BCUT2D eigenvalue weighted by Crippen LogP contribution is -2.19. The summed E-state index contributed by atoms with van der Waals surface area (Å²) in [6.45, 7) is 5.29. The molecule has 0 amide bonds. The molecule has 0 saturated carbocycles. The monoisotopic (exact) mass is 239 g/mol. The molecule has 2 heteroatoms. The van der Waals surface area contributed by atoms with E-state index in [2.05, 4.69) is 19.9 Å². The van der Waals surface area contributed by atoms with Crippen LogP contribution in [0.15, 0.2) is 24.3 Å².